The van der Waals surface area contributed by atoms with E-state index in [2.05, 4.69) is 0 Å². The van der Waals surface area contributed by atoms with Crippen LogP contribution in [0.4, 0.5) is 0 Å². The quantitative estimate of drug-likeness (QED) is 0.629. The molecule has 0 saturated heterocycles. The summed E-state index contributed by atoms with van der Waals surface area (Å²) >= 11 is 0. The van der Waals surface area contributed by atoms with Gasteiger partial charge in [-0.1, -0.05) is 0 Å². The van der Waals surface area contributed by atoms with Crippen LogP contribution in [-0.2, 0) is 9.59 Å². The summed E-state index contributed by atoms with van der Waals surface area (Å²) in [5.74, 6) is 1.69. The molecule has 0 unspecified atom stereocenters. The monoisotopic (exact) mass is 272 g/mol. The number of ketones is 1. The van der Waals surface area contributed by atoms with Crippen LogP contribution in [0.25, 0.3) is 0 Å². The van der Waals surface area contributed by atoms with E-state index in [1.54, 1.807) is 0 Å². The molecule has 1 amide bonds. The summed E-state index contributed by atoms with van der Waals surface area (Å²) in [6.45, 7) is 1.46. The molecule has 20 heavy (non-hydrogen) atoms. The van der Waals surface area contributed by atoms with E-state index in [0.717, 1.165) is 37.5 Å². The van der Waals surface area contributed by atoms with Crippen LogP contribution >= 0.6 is 0 Å². The summed E-state index contributed by atoms with van der Waals surface area (Å²) in [4.78, 5) is 23.6. The Labute approximate surface area is 119 Å². The van der Waals surface area contributed by atoms with Gasteiger partial charge in [0.25, 0.3) is 5.91 Å². The largest absolute Gasteiger partial charge is 0.365 e. The van der Waals surface area contributed by atoms with Gasteiger partial charge in [0.1, 0.15) is 11.6 Å². The Hall–Kier alpha value is -1.63. The van der Waals surface area contributed by atoms with Crippen molar-refractivity contribution in [2.45, 2.75) is 39.0 Å². The van der Waals surface area contributed by atoms with Gasteiger partial charge in [-0.3, -0.25) is 9.59 Å². The number of carbonyl (C=O) groups is 2. The highest BCUT2D eigenvalue weighted by atomic mass is 16.1. The van der Waals surface area contributed by atoms with Gasteiger partial charge in [-0.15, -0.1) is 0 Å². The van der Waals surface area contributed by atoms with Crippen molar-refractivity contribution in [1.29, 1.82) is 5.26 Å². The zero-order chi connectivity index (χ0) is 14.4. The minimum Gasteiger partial charge on any atom is -0.365 e. The first-order valence-electron chi connectivity index (χ1n) is 7.46. The molecule has 4 saturated carbocycles. The predicted molar refractivity (Wildman–Crippen MR) is 73.0 cm³/mol. The third-order valence-electron chi connectivity index (χ3n) is 5.57. The summed E-state index contributed by atoms with van der Waals surface area (Å²) in [5, 5.41) is 9.21. The van der Waals surface area contributed by atoms with Gasteiger partial charge in [-0.25, -0.2) is 0 Å². The van der Waals surface area contributed by atoms with E-state index in [-0.39, 0.29) is 17.3 Å². The highest BCUT2D eigenvalue weighted by Gasteiger charge is 2.50. The zero-order valence-electron chi connectivity index (χ0n) is 11.8. The third kappa shape index (κ3) is 1.96. The molecule has 4 aliphatic rings. The van der Waals surface area contributed by atoms with Crippen LogP contribution in [0.5, 0.6) is 0 Å². The van der Waals surface area contributed by atoms with Gasteiger partial charge < -0.3 is 5.73 Å². The van der Waals surface area contributed by atoms with Crippen molar-refractivity contribution >= 4 is 11.7 Å². The molecule has 0 atom stereocenters. The van der Waals surface area contributed by atoms with Crippen molar-refractivity contribution in [2.75, 3.05) is 0 Å². The van der Waals surface area contributed by atoms with Crippen molar-refractivity contribution in [1.82, 2.24) is 0 Å². The fourth-order valence-corrected chi connectivity index (χ4v) is 5.22. The molecule has 4 bridgehead atoms. The van der Waals surface area contributed by atoms with E-state index in [4.69, 9.17) is 5.73 Å². The van der Waals surface area contributed by atoms with Crippen LogP contribution in [0.15, 0.2) is 11.1 Å². The van der Waals surface area contributed by atoms with Crippen molar-refractivity contribution in [2.24, 2.45) is 35.3 Å². The maximum Gasteiger partial charge on any atom is 0.259 e. The molecule has 0 aromatic rings. The number of rotatable bonds is 3. The van der Waals surface area contributed by atoms with Gasteiger partial charge in [0, 0.05) is 5.57 Å². The van der Waals surface area contributed by atoms with Crippen molar-refractivity contribution in [3.63, 3.8) is 0 Å². The smallest absolute Gasteiger partial charge is 0.259 e. The first-order chi connectivity index (χ1) is 9.51. The maximum absolute atomic E-state index is 12.1. The molecule has 0 aromatic heterocycles. The number of nitrogens with two attached hydrogens (primary N) is 1. The number of Topliss-reactive ketones (excluding diaryl/α,β-unsaturated/α-hetero) is 1. The molecule has 4 rings (SSSR count). The lowest BCUT2D eigenvalue weighted by Gasteiger charge is -2.54. The second-order valence-electron chi connectivity index (χ2n) is 6.78. The molecule has 0 radical (unpaired) electrons. The van der Waals surface area contributed by atoms with Crippen LogP contribution in [0, 0.1) is 40.9 Å². The van der Waals surface area contributed by atoms with Gasteiger partial charge in [0.2, 0.25) is 0 Å². The summed E-state index contributed by atoms with van der Waals surface area (Å²) < 4.78 is 0. The Bertz CT molecular complexity index is 513. The Balaban J connectivity index is 2.03. The van der Waals surface area contributed by atoms with Crippen molar-refractivity contribution < 1.29 is 9.59 Å². The second-order valence-corrected chi connectivity index (χ2v) is 6.78. The summed E-state index contributed by atoms with van der Waals surface area (Å²) in [6.07, 6.45) is 5.91. The van der Waals surface area contributed by atoms with E-state index in [0.29, 0.717) is 17.4 Å². The predicted octanol–water partition coefficient (Wildman–Crippen LogP) is 1.95. The van der Waals surface area contributed by atoms with Gasteiger partial charge in [-0.2, -0.15) is 5.26 Å². The molecule has 0 aromatic carbocycles. The Morgan fingerprint density at radius 2 is 1.55 bits per heavy atom. The number of nitriles is 1. The average molecular weight is 272 g/mol. The lowest BCUT2D eigenvalue weighted by molar-refractivity contribution is -0.118. The molecular weight excluding hydrogens is 252 g/mol. The van der Waals surface area contributed by atoms with Crippen LogP contribution in [0.3, 0.4) is 0 Å². The first-order valence-corrected chi connectivity index (χ1v) is 7.46. The third-order valence-corrected chi connectivity index (χ3v) is 5.57. The van der Waals surface area contributed by atoms with Crippen LogP contribution < -0.4 is 5.73 Å². The van der Waals surface area contributed by atoms with Gasteiger partial charge >= 0.3 is 0 Å². The number of carbonyl (C=O) groups excluding carboxylic acids is 2. The zero-order valence-corrected chi connectivity index (χ0v) is 11.8. The van der Waals surface area contributed by atoms with E-state index in [1.165, 1.54) is 13.3 Å². The number of hydrogen-bond acceptors (Lipinski definition) is 3. The normalized spacial score (nSPS) is 39.1. The molecule has 4 fully saturated rings. The number of nitrogens with zero attached hydrogens (tertiary/aromatic N) is 1. The van der Waals surface area contributed by atoms with E-state index >= 15 is 0 Å². The number of amides is 1. The molecular formula is C16H20N2O2. The van der Waals surface area contributed by atoms with Gasteiger partial charge in [0.15, 0.2) is 5.78 Å². The molecule has 0 heterocycles. The molecule has 0 aliphatic heterocycles. The standard InChI is InChI=1S/C16H20N2O2/c1-8(19)14(13(7-17)16(18)20)15-11-3-9-2-10(5-11)6-12(15)4-9/h9-12,15H,2-6H2,1H3,(H2,18,20)/b14-13+. The molecule has 4 heteroatoms. The topological polar surface area (TPSA) is 83.9 Å². The Morgan fingerprint density at radius 1 is 1.05 bits per heavy atom. The van der Waals surface area contributed by atoms with Crippen LogP contribution in [0.2, 0.25) is 0 Å². The fourth-order valence-electron chi connectivity index (χ4n) is 5.22. The SMILES string of the molecule is CC(=O)/C(=C(/C#N)C(N)=O)C1C2CC3CC(C2)CC1C3. The fraction of sp³-hybridized carbons (Fsp3) is 0.688. The van der Waals surface area contributed by atoms with Crippen molar-refractivity contribution in [3.8, 4) is 6.07 Å². The Morgan fingerprint density at radius 3 is 1.90 bits per heavy atom. The average Bonchev–Trinajstić information content (AvgIpc) is 2.35. The highest BCUT2D eigenvalue weighted by Crippen LogP contribution is 2.58. The van der Waals surface area contributed by atoms with E-state index in [9.17, 15) is 14.9 Å². The molecule has 0 spiro atoms. The summed E-state index contributed by atoms with van der Waals surface area (Å²) in [6, 6.07) is 1.88. The van der Waals surface area contributed by atoms with Gasteiger partial charge in [0.05, 0.1) is 0 Å². The lowest BCUT2D eigenvalue weighted by atomic mass is 9.50. The number of primary amides is 1. The van der Waals surface area contributed by atoms with Crippen molar-refractivity contribution in [3.05, 3.63) is 11.1 Å². The molecule has 4 aliphatic carbocycles. The van der Waals surface area contributed by atoms with E-state index < -0.39 is 5.91 Å². The van der Waals surface area contributed by atoms with E-state index in [1.807, 2.05) is 6.07 Å². The molecule has 4 nitrogen and oxygen atoms in total. The van der Waals surface area contributed by atoms with Crippen LogP contribution in [0.1, 0.15) is 39.0 Å². The minimum absolute atomic E-state index is 0.0856. The molecule has 106 valence electrons. The molecule has 2 N–H and O–H groups in total. The first kappa shape index (κ1) is 13.4. The lowest BCUT2D eigenvalue weighted by Crippen LogP contribution is -2.47. The Kier molecular flexibility index (Phi) is 3.16. The van der Waals surface area contributed by atoms with Crippen LogP contribution in [-0.4, -0.2) is 11.7 Å². The second kappa shape index (κ2) is 4.73. The number of hydrogen-bond donors (Lipinski definition) is 1. The summed E-state index contributed by atoms with van der Waals surface area (Å²) in [5.41, 5.74) is 5.63. The number of allylic oxidation sites excluding steroid dienone is 1. The maximum atomic E-state index is 12.1. The van der Waals surface area contributed by atoms with Gasteiger partial charge in [-0.05, 0) is 68.6 Å². The highest BCUT2D eigenvalue weighted by molar-refractivity contribution is 6.07. The summed E-state index contributed by atoms with van der Waals surface area (Å²) in [7, 11) is 0. The minimum atomic E-state index is -0.758.